The van der Waals surface area contributed by atoms with Gasteiger partial charge in [0, 0.05) is 24.4 Å². The zero-order valence-electron chi connectivity index (χ0n) is 16.7. The van der Waals surface area contributed by atoms with E-state index in [9.17, 15) is 22.8 Å². The second-order valence-electron chi connectivity index (χ2n) is 6.50. The lowest BCUT2D eigenvalue weighted by Gasteiger charge is -2.12. The fourth-order valence-electron chi connectivity index (χ4n) is 2.60. The van der Waals surface area contributed by atoms with Crippen molar-refractivity contribution in [2.75, 3.05) is 13.2 Å². The van der Waals surface area contributed by atoms with Gasteiger partial charge in [-0.2, -0.15) is 18.3 Å². The SMILES string of the molecule is O=C(NCc1cccnc1OCC(F)(F)F)c1ccc(=O)n(CCOc2ccccc2)n1. The minimum Gasteiger partial charge on any atom is -0.492 e. The molecule has 1 amide bonds. The Kier molecular flexibility index (Phi) is 7.42. The first-order chi connectivity index (χ1) is 15.3. The summed E-state index contributed by atoms with van der Waals surface area (Å²) in [6.45, 7) is -1.36. The quantitative estimate of drug-likeness (QED) is 0.541. The number of para-hydroxylation sites is 1. The molecule has 11 heteroatoms. The summed E-state index contributed by atoms with van der Waals surface area (Å²) >= 11 is 0. The standard InChI is InChI=1S/C21H19F3N4O4/c22-21(23,24)14-32-20-15(5-4-10-25-20)13-26-19(30)17-8-9-18(29)28(27-17)11-12-31-16-6-2-1-3-7-16/h1-10H,11-14H2,(H,26,30). The number of ether oxygens (including phenoxy) is 2. The molecule has 3 aromatic rings. The van der Waals surface area contributed by atoms with Crippen LogP contribution in [0.4, 0.5) is 13.2 Å². The van der Waals surface area contributed by atoms with Crippen molar-refractivity contribution < 1.29 is 27.4 Å². The number of rotatable bonds is 9. The molecule has 0 unspecified atom stereocenters. The Labute approximate surface area is 180 Å². The van der Waals surface area contributed by atoms with Crippen LogP contribution in [0.5, 0.6) is 11.6 Å². The van der Waals surface area contributed by atoms with E-state index < -0.39 is 24.2 Å². The molecule has 0 aliphatic heterocycles. The van der Waals surface area contributed by atoms with Crippen LogP contribution in [0.2, 0.25) is 0 Å². The fourth-order valence-corrected chi connectivity index (χ4v) is 2.60. The van der Waals surface area contributed by atoms with Crippen LogP contribution in [0.1, 0.15) is 16.1 Å². The molecule has 0 aliphatic rings. The van der Waals surface area contributed by atoms with E-state index in [1.165, 1.54) is 30.5 Å². The third-order valence-corrected chi connectivity index (χ3v) is 4.08. The third kappa shape index (κ3) is 6.83. The normalized spacial score (nSPS) is 11.1. The first-order valence-electron chi connectivity index (χ1n) is 9.49. The number of carbonyl (C=O) groups is 1. The van der Waals surface area contributed by atoms with E-state index in [0.29, 0.717) is 5.75 Å². The first-order valence-corrected chi connectivity index (χ1v) is 9.49. The molecule has 32 heavy (non-hydrogen) atoms. The van der Waals surface area contributed by atoms with Crippen molar-refractivity contribution in [3.63, 3.8) is 0 Å². The number of alkyl halides is 3. The zero-order chi connectivity index (χ0) is 23.0. The van der Waals surface area contributed by atoms with Gasteiger partial charge in [-0.3, -0.25) is 9.59 Å². The number of halogens is 3. The minimum atomic E-state index is -4.51. The van der Waals surface area contributed by atoms with Crippen LogP contribution < -0.4 is 20.3 Å². The number of amides is 1. The van der Waals surface area contributed by atoms with Crippen molar-refractivity contribution in [3.05, 3.63) is 82.4 Å². The maximum atomic E-state index is 12.4. The van der Waals surface area contributed by atoms with Crippen LogP contribution in [0.3, 0.4) is 0 Å². The maximum Gasteiger partial charge on any atom is 0.422 e. The van der Waals surface area contributed by atoms with Gasteiger partial charge in [0.2, 0.25) is 5.88 Å². The summed E-state index contributed by atoms with van der Waals surface area (Å²) in [6.07, 6.45) is -3.23. The number of hydrogen-bond acceptors (Lipinski definition) is 6. The maximum absolute atomic E-state index is 12.4. The van der Waals surface area contributed by atoms with E-state index in [2.05, 4.69) is 15.4 Å². The molecule has 0 fully saturated rings. The van der Waals surface area contributed by atoms with Crippen LogP contribution >= 0.6 is 0 Å². The van der Waals surface area contributed by atoms with Gasteiger partial charge in [-0.25, -0.2) is 9.67 Å². The van der Waals surface area contributed by atoms with Crippen LogP contribution in [0.25, 0.3) is 0 Å². The molecule has 8 nitrogen and oxygen atoms in total. The summed E-state index contributed by atoms with van der Waals surface area (Å²) < 4.78 is 48.5. The second-order valence-corrected chi connectivity index (χ2v) is 6.50. The molecule has 3 rings (SSSR count). The predicted molar refractivity (Wildman–Crippen MR) is 107 cm³/mol. The first kappa shape index (κ1) is 22.8. The van der Waals surface area contributed by atoms with E-state index in [-0.39, 0.29) is 36.8 Å². The fraction of sp³-hybridized carbons (Fsp3) is 0.238. The molecule has 0 atom stereocenters. The number of benzene rings is 1. The number of nitrogens with one attached hydrogen (secondary N) is 1. The largest absolute Gasteiger partial charge is 0.492 e. The lowest BCUT2D eigenvalue weighted by Crippen LogP contribution is -2.30. The minimum absolute atomic E-state index is 0.0361. The van der Waals surface area contributed by atoms with E-state index in [0.717, 1.165) is 4.68 Å². The number of nitrogens with zero attached hydrogens (tertiary/aromatic N) is 3. The smallest absolute Gasteiger partial charge is 0.422 e. The van der Waals surface area contributed by atoms with E-state index in [1.54, 1.807) is 12.1 Å². The second kappa shape index (κ2) is 10.4. The van der Waals surface area contributed by atoms with Gasteiger partial charge in [-0.05, 0) is 24.3 Å². The molecular weight excluding hydrogens is 429 g/mol. The van der Waals surface area contributed by atoms with Gasteiger partial charge in [0.15, 0.2) is 6.61 Å². The summed E-state index contributed by atoms with van der Waals surface area (Å²) in [7, 11) is 0. The summed E-state index contributed by atoms with van der Waals surface area (Å²) in [4.78, 5) is 28.2. The molecule has 0 aliphatic carbocycles. The number of pyridine rings is 1. The highest BCUT2D eigenvalue weighted by Gasteiger charge is 2.29. The molecule has 0 radical (unpaired) electrons. The average molecular weight is 448 g/mol. The summed E-state index contributed by atoms with van der Waals surface area (Å²) in [5.74, 6) is -0.219. The van der Waals surface area contributed by atoms with Gasteiger partial charge >= 0.3 is 6.18 Å². The topological polar surface area (TPSA) is 95.3 Å². The molecular formula is C21H19F3N4O4. The van der Waals surface area contributed by atoms with Crippen molar-refractivity contribution in [1.82, 2.24) is 20.1 Å². The van der Waals surface area contributed by atoms with Crippen LogP contribution in [0.15, 0.2) is 65.6 Å². The lowest BCUT2D eigenvalue weighted by molar-refractivity contribution is -0.154. The van der Waals surface area contributed by atoms with Gasteiger partial charge in [-0.15, -0.1) is 0 Å². The Morgan fingerprint density at radius 3 is 2.56 bits per heavy atom. The predicted octanol–water partition coefficient (Wildman–Crippen LogP) is 2.59. The molecule has 0 saturated carbocycles. The van der Waals surface area contributed by atoms with Crippen LogP contribution in [-0.2, 0) is 13.1 Å². The zero-order valence-corrected chi connectivity index (χ0v) is 16.7. The summed E-state index contributed by atoms with van der Waals surface area (Å²) in [6, 6.07) is 14.5. The number of hydrogen-bond donors (Lipinski definition) is 1. The van der Waals surface area contributed by atoms with Gasteiger partial charge in [0.1, 0.15) is 18.1 Å². The monoisotopic (exact) mass is 448 g/mol. The number of aromatic nitrogens is 3. The van der Waals surface area contributed by atoms with Gasteiger partial charge in [0.05, 0.1) is 6.54 Å². The molecule has 2 aromatic heterocycles. The van der Waals surface area contributed by atoms with Gasteiger partial charge < -0.3 is 14.8 Å². The molecule has 0 bridgehead atoms. The van der Waals surface area contributed by atoms with Crippen LogP contribution in [0, 0.1) is 0 Å². The Morgan fingerprint density at radius 2 is 1.81 bits per heavy atom. The van der Waals surface area contributed by atoms with Crippen molar-refractivity contribution >= 4 is 5.91 Å². The molecule has 1 N–H and O–H groups in total. The highest BCUT2D eigenvalue weighted by Crippen LogP contribution is 2.19. The summed E-state index contributed by atoms with van der Waals surface area (Å²) in [5, 5.41) is 6.56. The molecule has 1 aromatic carbocycles. The van der Waals surface area contributed by atoms with Gasteiger partial charge in [0.25, 0.3) is 11.5 Å². The third-order valence-electron chi connectivity index (χ3n) is 4.08. The molecule has 2 heterocycles. The molecule has 0 saturated heterocycles. The lowest BCUT2D eigenvalue weighted by atomic mass is 10.2. The highest BCUT2D eigenvalue weighted by atomic mass is 19.4. The Hall–Kier alpha value is -3.89. The Morgan fingerprint density at radius 1 is 1.03 bits per heavy atom. The average Bonchev–Trinajstić information content (AvgIpc) is 2.78. The van der Waals surface area contributed by atoms with Crippen molar-refractivity contribution in [2.24, 2.45) is 0 Å². The van der Waals surface area contributed by atoms with Crippen LogP contribution in [-0.4, -0.2) is 40.1 Å². The Bertz CT molecular complexity index is 1100. The van der Waals surface area contributed by atoms with Crippen molar-refractivity contribution in [3.8, 4) is 11.6 Å². The van der Waals surface area contributed by atoms with Gasteiger partial charge in [-0.1, -0.05) is 24.3 Å². The van der Waals surface area contributed by atoms with Crippen molar-refractivity contribution in [2.45, 2.75) is 19.3 Å². The van der Waals surface area contributed by atoms with E-state index in [1.807, 2.05) is 18.2 Å². The molecule has 168 valence electrons. The van der Waals surface area contributed by atoms with Crippen molar-refractivity contribution in [1.29, 1.82) is 0 Å². The summed E-state index contributed by atoms with van der Waals surface area (Å²) in [5.41, 5.74) is -0.186. The molecule has 0 spiro atoms. The van der Waals surface area contributed by atoms with E-state index >= 15 is 0 Å². The number of carbonyl (C=O) groups excluding carboxylic acids is 1. The van der Waals surface area contributed by atoms with E-state index in [4.69, 9.17) is 9.47 Å². The Balaban J connectivity index is 1.60. The highest BCUT2D eigenvalue weighted by molar-refractivity contribution is 5.91.